The zero-order chi connectivity index (χ0) is 13.1. The zero-order valence-electron chi connectivity index (χ0n) is 8.96. The lowest BCUT2D eigenvalue weighted by Crippen LogP contribution is -2.43. The average Bonchev–Trinajstić information content (AvgIpc) is 2.27. The van der Waals surface area contributed by atoms with E-state index in [1.807, 2.05) is 0 Å². The smallest absolute Gasteiger partial charge is 0.243 e. The van der Waals surface area contributed by atoms with Gasteiger partial charge in [0, 0.05) is 6.54 Å². The third-order valence-electron chi connectivity index (χ3n) is 1.89. The normalized spacial score (nSPS) is 15.5. The van der Waals surface area contributed by atoms with E-state index in [0.29, 0.717) is 0 Å². The van der Waals surface area contributed by atoms with Crippen LogP contribution in [0.2, 0.25) is 5.28 Å². The van der Waals surface area contributed by atoms with Gasteiger partial charge in [0.15, 0.2) is 0 Å². The molecular formula is C8H12ClN3O4S. The molecule has 17 heavy (non-hydrogen) atoms. The Morgan fingerprint density at radius 1 is 1.47 bits per heavy atom. The fourth-order valence-electron chi connectivity index (χ4n) is 0.829. The first kappa shape index (κ1) is 14.3. The van der Waals surface area contributed by atoms with E-state index >= 15 is 0 Å². The summed E-state index contributed by atoms with van der Waals surface area (Å²) in [4.78, 5) is 6.90. The summed E-state index contributed by atoms with van der Waals surface area (Å²) in [6.45, 7) is 0.412. The second-order valence-electron chi connectivity index (χ2n) is 3.67. The molecule has 0 spiro atoms. The van der Waals surface area contributed by atoms with E-state index in [9.17, 15) is 13.5 Å². The highest BCUT2D eigenvalue weighted by molar-refractivity contribution is 7.89. The van der Waals surface area contributed by atoms with Crippen LogP contribution in [0.25, 0.3) is 0 Å². The highest BCUT2D eigenvalue weighted by Gasteiger charge is 2.23. The van der Waals surface area contributed by atoms with Gasteiger partial charge in [-0.15, -0.1) is 0 Å². The van der Waals surface area contributed by atoms with Gasteiger partial charge in [-0.1, -0.05) is 0 Å². The van der Waals surface area contributed by atoms with E-state index in [1.54, 1.807) is 0 Å². The number of halogens is 1. The van der Waals surface area contributed by atoms with Crippen molar-refractivity contribution in [2.75, 3.05) is 13.2 Å². The second kappa shape index (κ2) is 5.23. The molecule has 0 saturated carbocycles. The first-order chi connectivity index (χ1) is 7.77. The Bertz CT molecular complexity index is 474. The molecule has 96 valence electrons. The van der Waals surface area contributed by atoms with Crippen LogP contribution in [-0.2, 0) is 10.0 Å². The predicted molar refractivity (Wildman–Crippen MR) is 59.9 cm³/mol. The standard InChI is InChI=1S/C8H12ClN3O4S/c1-8(14,5-13)4-12-17(15,16)6-2-10-7(9)11-3-6/h2-3,12-14H,4-5H2,1H3. The molecule has 1 aromatic heterocycles. The van der Waals surface area contributed by atoms with Crippen molar-refractivity contribution in [2.24, 2.45) is 0 Å². The zero-order valence-corrected chi connectivity index (χ0v) is 10.5. The molecule has 0 aromatic carbocycles. The molecule has 0 saturated heterocycles. The molecule has 0 aliphatic rings. The van der Waals surface area contributed by atoms with E-state index in [1.165, 1.54) is 6.92 Å². The van der Waals surface area contributed by atoms with Crippen LogP contribution in [-0.4, -0.2) is 47.4 Å². The van der Waals surface area contributed by atoms with Gasteiger partial charge in [0.2, 0.25) is 15.3 Å². The van der Waals surface area contributed by atoms with Gasteiger partial charge in [0.1, 0.15) is 4.90 Å². The molecule has 7 nitrogen and oxygen atoms in total. The number of sulfonamides is 1. The Kier molecular flexibility index (Phi) is 4.39. The third kappa shape index (κ3) is 4.17. The Balaban J connectivity index is 2.79. The number of aliphatic hydroxyl groups is 2. The summed E-state index contributed by atoms with van der Waals surface area (Å²) in [5.74, 6) is 0. The second-order valence-corrected chi connectivity index (χ2v) is 5.77. The molecule has 0 aliphatic heterocycles. The minimum atomic E-state index is -3.83. The van der Waals surface area contributed by atoms with Crippen LogP contribution in [0.1, 0.15) is 6.92 Å². The summed E-state index contributed by atoms with van der Waals surface area (Å²) in [5, 5.41) is 18.2. The van der Waals surface area contributed by atoms with Crippen LogP contribution in [0.5, 0.6) is 0 Å². The number of nitrogens with zero attached hydrogens (tertiary/aromatic N) is 2. The monoisotopic (exact) mass is 281 g/mol. The van der Waals surface area contributed by atoms with E-state index in [-0.39, 0.29) is 16.7 Å². The van der Waals surface area contributed by atoms with Crippen molar-refractivity contribution in [1.29, 1.82) is 0 Å². The molecule has 0 bridgehead atoms. The van der Waals surface area contributed by atoms with E-state index in [0.717, 1.165) is 12.4 Å². The molecule has 0 aliphatic carbocycles. The van der Waals surface area contributed by atoms with Crippen LogP contribution in [0, 0.1) is 0 Å². The van der Waals surface area contributed by atoms with Crippen molar-refractivity contribution in [3.63, 3.8) is 0 Å². The Morgan fingerprint density at radius 2 is 2.00 bits per heavy atom. The molecule has 1 rings (SSSR count). The van der Waals surface area contributed by atoms with Crippen LogP contribution in [0.4, 0.5) is 0 Å². The molecule has 0 fully saturated rings. The minimum absolute atomic E-state index is 0.0636. The van der Waals surface area contributed by atoms with Crippen LogP contribution >= 0.6 is 11.6 Å². The maximum atomic E-state index is 11.7. The van der Waals surface area contributed by atoms with Crippen molar-refractivity contribution >= 4 is 21.6 Å². The van der Waals surface area contributed by atoms with E-state index < -0.39 is 22.2 Å². The van der Waals surface area contributed by atoms with Crippen molar-refractivity contribution in [1.82, 2.24) is 14.7 Å². The number of hydrogen-bond acceptors (Lipinski definition) is 6. The molecule has 1 aromatic rings. The highest BCUT2D eigenvalue weighted by atomic mass is 35.5. The molecule has 1 heterocycles. The third-order valence-corrected chi connectivity index (χ3v) is 3.44. The lowest BCUT2D eigenvalue weighted by Gasteiger charge is -2.20. The molecule has 1 atom stereocenters. The Morgan fingerprint density at radius 3 is 2.47 bits per heavy atom. The maximum absolute atomic E-state index is 11.7. The molecule has 0 radical (unpaired) electrons. The summed E-state index contributed by atoms with van der Waals surface area (Å²) in [5.41, 5.74) is -1.53. The number of aliphatic hydroxyl groups excluding tert-OH is 1. The van der Waals surface area contributed by atoms with E-state index in [4.69, 9.17) is 16.7 Å². The SMILES string of the molecule is CC(O)(CO)CNS(=O)(=O)c1cnc(Cl)nc1. The predicted octanol–water partition coefficient (Wildman–Crippen LogP) is -0.848. The van der Waals surface area contributed by atoms with Crippen LogP contribution in [0.3, 0.4) is 0 Å². The summed E-state index contributed by atoms with van der Waals surface area (Å²) >= 11 is 5.42. The summed E-state index contributed by atoms with van der Waals surface area (Å²) in [6.07, 6.45) is 2.09. The van der Waals surface area contributed by atoms with Gasteiger partial charge in [-0.25, -0.2) is 23.1 Å². The molecule has 0 amide bonds. The number of nitrogens with one attached hydrogen (secondary N) is 1. The first-order valence-corrected chi connectivity index (χ1v) is 6.43. The van der Waals surface area contributed by atoms with Gasteiger partial charge >= 0.3 is 0 Å². The molecule has 1 unspecified atom stereocenters. The van der Waals surface area contributed by atoms with Gasteiger partial charge < -0.3 is 10.2 Å². The average molecular weight is 282 g/mol. The van der Waals surface area contributed by atoms with Gasteiger partial charge in [-0.05, 0) is 18.5 Å². The van der Waals surface area contributed by atoms with Crippen molar-refractivity contribution in [2.45, 2.75) is 17.4 Å². The highest BCUT2D eigenvalue weighted by Crippen LogP contribution is 2.08. The van der Waals surface area contributed by atoms with Gasteiger partial charge in [0.25, 0.3) is 0 Å². The number of rotatable bonds is 5. The van der Waals surface area contributed by atoms with Crippen molar-refractivity contribution in [3.8, 4) is 0 Å². The van der Waals surface area contributed by atoms with Gasteiger partial charge in [0.05, 0.1) is 24.6 Å². The summed E-state index contributed by atoms with van der Waals surface area (Å²) in [6, 6.07) is 0. The Labute approximate surface area is 104 Å². The van der Waals surface area contributed by atoms with Crippen molar-refractivity contribution in [3.05, 3.63) is 17.7 Å². The lowest BCUT2D eigenvalue weighted by atomic mass is 10.1. The van der Waals surface area contributed by atoms with Crippen LogP contribution < -0.4 is 4.72 Å². The van der Waals surface area contributed by atoms with Crippen LogP contribution in [0.15, 0.2) is 17.3 Å². The molecular weight excluding hydrogens is 270 g/mol. The lowest BCUT2D eigenvalue weighted by molar-refractivity contribution is 0.00681. The fraction of sp³-hybridized carbons (Fsp3) is 0.500. The molecule has 9 heteroatoms. The summed E-state index contributed by atoms with van der Waals surface area (Å²) in [7, 11) is -3.83. The molecule has 3 N–H and O–H groups in total. The number of aromatic nitrogens is 2. The van der Waals surface area contributed by atoms with Gasteiger partial charge in [-0.2, -0.15) is 0 Å². The summed E-state index contributed by atoms with van der Waals surface area (Å²) < 4.78 is 25.5. The van der Waals surface area contributed by atoms with E-state index in [2.05, 4.69) is 14.7 Å². The topological polar surface area (TPSA) is 112 Å². The quantitative estimate of drug-likeness (QED) is 0.606. The maximum Gasteiger partial charge on any atom is 0.243 e. The van der Waals surface area contributed by atoms with Crippen molar-refractivity contribution < 1.29 is 18.6 Å². The Hall–Kier alpha value is -0.800. The van der Waals surface area contributed by atoms with Gasteiger partial charge in [-0.3, -0.25) is 0 Å². The number of hydrogen-bond donors (Lipinski definition) is 3. The fourth-order valence-corrected chi connectivity index (χ4v) is 1.98. The minimum Gasteiger partial charge on any atom is -0.393 e. The first-order valence-electron chi connectivity index (χ1n) is 4.57. The largest absolute Gasteiger partial charge is 0.393 e.